The second-order valence-electron chi connectivity index (χ2n) is 7.30. The molecule has 0 saturated heterocycles. The zero-order valence-electron chi connectivity index (χ0n) is 13.8. The SMILES string of the molecule is Cc1cc2c(cc1S(=O)(=O)NC1C3CCCC1CC(N)C3)OCO2. The molecule has 2 atom stereocenters. The number of hydrogen-bond acceptors (Lipinski definition) is 5. The van der Waals surface area contributed by atoms with Crippen LogP contribution in [0.2, 0.25) is 0 Å². The Morgan fingerprint density at radius 2 is 1.75 bits per heavy atom. The number of nitrogens with one attached hydrogen (secondary N) is 1. The number of benzene rings is 1. The molecule has 6 nitrogen and oxygen atoms in total. The summed E-state index contributed by atoms with van der Waals surface area (Å²) < 4.78 is 39.6. The van der Waals surface area contributed by atoms with Crippen LogP contribution in [0.25, 0.3) is 0 Å². The Morgan fingerprint density at radius 3 is 2.42 bits per heavy atom. The quantitative estimate of drug-likeness (QED) is 0.867. The highest BCUT2D eigenvalue weighted by molar-refractivity contribution is 7.89. The molecule has 3 N–H and O–H groups in total. The summed E-state index contributed by atoms with van der Waals surface area (Å²) in [6, 6.07) is 3.50. The van der Waals surface area contributed by atoms with Crippen molar-refractivity contribution in [3.05, 3.63) is 17.7 Å². The van der Waals surface area contributed by atoms with E-state index in [9.17, 15) is 8.42 Å². The van der Waals surface area contributed by atoms with Crippen molar-refractivity contribution in [1.82, 2.24) is 4.72 Å². The van der Waals surface area contributed by atoms with Crippen molar-refractivity contribution in [2.75, 3.05) is 6.79 Å². The van der Waals surface area contributed by atoms with Crippen molar-refractivity contribution in [1.29, 1.82) is 0 Å². The van der Waals surface area contributed by atoms with Gasteiger partial charge in [-0.3, -0.25) is 0 Å². The molecule has 0 amide bonds. The van der Waals surface area contributed by atoms with E-state index in [0.29, 0.717) is 28.9 Å². The molecule has 3 aliphatic rings. The van der Waals surface area contributed by atoms with E-state index in [0.717, 1.165) is 25.7 Å². The van der Waals surface area contributed by atoms with E-state index in [2.05, 4.69) is 4.72 Å². The minimum atomic E-state index is -3.60. The van der Waals surface area contributed by atoms with E-state index in [4.69, 9.17) is 15.2 Å². The van der Waals surface area contributed by atoms with Crippen LogP contribution in [-0.4, -0.2) is 27.3 Å². The normalized spacial score (nSPS) is 31.9. The van der Waals surface area contributed by atoms with Crippen LogP contribution in [0.15, 0.2) is 17.0 Å². The molecule has 0 aromatic heterocycles. The number of ether oxygens (including phenoxy) is 2. The Balaban J connectivity index is 1.62. The monoisotopic (exact) mass is 352 g/mol. The van der Waals surface area contributed by atoms with Crippen LogP contribution in [0.1, 0.15) is 37.7 Å². The van der Waals surface area contributed by atoms with Gasteiger partial charge in [-0.25, -0.2) is 13.1 Å². The van der Waals surface area contributed by atoms with E-state index >= 15 is 0 Å². The average Bonchev–Trinajstić information content (AvgIpc) is 2.94. The van der Waals surface area contributed by atoms with Gasteiger partial charge < -0.3 is 15.2 Å². The van der Waals surface area contributed by atoms with E-state index < -0.39 is 10.0 Å². The maximum atomic E-state index is 13.0. The molecule has 1 aliphatic heterocycles. The Morgan fingerprint density at radius 1 is 1.12 bits per heavy atom. The Bertz CT molecular complexity index is 735. The van der Waals surface area contributed by atoms with Crippen LogP contribution < -0.4 is 19.9 Å². The lowest BCUT2D eigenvalue weighted by Gasteiger charge is -2.45. The Labute approximate surface area is 142 Å². The molecule has 0 spiro atoms. The van der Waals surface area contributed by atoms with Gasteiger partial charge in [0.15, 0.2) is 11.5 Å². The molecule has 2 bridgehead atoms. The third-order valence-corrected chi connectivity index (χ3v) is 7.23. The van der Waals surface area contributed by atoms with Crippen LogP contribution >= 0.6 is 0 Å². The van der Waals surface area contributed by atoms with Crippen LogP contribution in [0.5, 0.6) is 11.5 Å². The standard InChI is InChI=1S/C17H24N2O4S/c1-10-5-14-15(23-9-22-14)8-16(10)24(20,21)19-17-11-3-2-4-12(17)7-13(18)6-11/h5,8,11-13,17,19H,2-4,6-7,9,18H2,1H3. The predicted molar refractivity (Wildman–Crippen MR) is 89.5 cm³/mol. The molecule has 2 aliphatic carbocycles. The number of rotatable bonds is 3. The van der Waals surface area contributed by atoms with Gasteiger partial charge in [0.1, 0.15) is 0 Å². The number of sulfonamides is 1. The second-order valence-corrected chi connectivity index (χ2v) is 8.98. The summed E-state index contributed by atoms with van der Waals surface area (Å²) in [6.45, 7) is 1.92. The number of hydrogen-bond donors (Lipinski definition) is 2. The van der Waals surface area contributed by atoms with Crippen LogP contribution in [0.4, 0.5) is 0 Å². The van der Waals surface area contributed by atoms with Crippen molar-refractivity contribution in [3.8, 4) is 11.5 Å². The summed E-state index contributed by atoms with van der Waals surface area (Å²) in [5.41, 5.74) is 6.81. The first-order valence-electron chi connectivity index (χ1n) is 8.62. The number of fused-ring (bicyclic) bond motifs is 3. The van der Waals surface area contributed by atoms with Crippen molar-refractivity contribution < 1.29 is 17.9 Å². The molecule has 2 unspecified atom stereocenters. The van der Waals surface area contributed by atoms with Gasteiger partial charge >= 0.3 is 0 Å². The lowest BCUT2D eigenvalue weighted by atomic mass is 9.67. The van der Waals surface area contributed by atoms with Gasteiger partial charge in [-0.1, -0.05) is 6.42 Å². The largest absolute Gasteiger partial charge is 0.454 e. The van der Waals surface area contributed by atoms with Gasteiger partial charge in [0, 0.05) is 18.2 Å². The third-order valence-electron chi connectivity index (χ3n) is 5.63. The fourth-order valence-corrected chi connectivity index (χ4v) is 6.15. The molecule has 1 aromatic rings. The molecule has 2 fully saturated rings. The lowest BCUT2D eigenvalue weighted by molar-refractivity contribution is 0.125. The molecule has 0 radical (unpaired) electrons. The highest BCUT2D eigenvalue weighted by Gasteiger charge is 2.41. The van der Waals surface area contributed by atoms with Crippen LogP contribution in [-0.2, 0) is 10.0 Å². The second kappa shape index (κ2) is 5.89. The van der Waals surface area contributed by atoms with E-state index in [1.807, 2.05) is 0 Å². The Kier molecular flexibility index (Phi) is 3.97. The minimum Gasteiger partial charge on any atom is -0.454 e. The van der Waals surface area contributed by atoms with E-state index in [-0.39, 0.29) is 23.8 Å². The van der Waals surface area contributed by atoms with Crippen molar-refractivity contribution >= 4 is 10.0 Å². The predicted octanol–water partition coefficient (Wildman–Crippen LogP) is 1.91. The van der Waals surface area contributed by atoms with Crippen LogP contribution in [0, 0.1) is 18.8 Å². The fourth-order valence-electron chi connectivity index (χ4n) is 4.54. The molecule has 132 valence electrons. The van der Waals surface area contributed by atoms with Crippen LogP contribution in [0.3, 0.4) is 0 Å². The van der Waals surface area contributed by atoms with Crippen molar-refractivity contribution in [2.24, 2.45) is 17.6 Å². The number of aryl methyl sites for hydroxylation is 1. The molecular weight excluding hydrogens is 328 g/mol. The van der Waals surface area contributed by atoms with Gasteiger partial charge in [-0.2, -0.15) is 0 Å². The molecule has 1 heterocycles. The third kappa shape index (κ3) is 2.78. The molecule has 7 heteroatoms. The molecule has 4 rings (SSSR count). The van der Waals surface area contributed by atoms with Crippen molar-refractivity contribution in [2.45, 2.75) is 56.0 Å². The fraction of sp³-hybridized carbons (Fsp3) is 0.647. The smallest absolute Gasteiger partial charge is 0.241 e. The zero-order chi connectivity index (χ0) is 16.9. The maximum absolute atomic E-state index is 13.0. The molecular formula is C17H24N2O4S. The highest BCUT2D eigenvalue weighted by atomic mass is 32.2. The molecule has 1 aromatic carbocycles. The summed E-state index contributed by atoms with van der Waals surface area (Å²) >= 11 is 0. The van der Waals surface area contributed by atoms with Crippen molar-refractivity contribution in [3.63, 3.8) is 0 Å². The van der Waals surface area contributed by atoms with E-state index in [1.165, 1.54) is 6.42 Å². The number of nitrogens with two attached hydrogens (primary N) is 1. The topological polar surface area (TPSA) is 90.7 Å². The first kappa shape index (κ1) is 16.2. The van der Waals surface area contributed by atoms with Gasteiger partial charge in [-0.05, 0) is 56.1 Å². The summed E-state index contributed by atoms with van der Waals surface area (Å²) in [5, 5.41) is 0. The summed E-state index contributed by atoms with van der Waals surface area (Å²) in [5.74, 6) is 1.78. The first-order chi connectivity index (χ1) is 11.4. The van der Waals surface area contributed by atoms with E-state index in [1.54, 1.807) is 19.1 Å². The summed E-state index contributed by atoms with van der Waals surface area (Å²) in [4.78, 5) is 0.277. The molecule has 24 heavy (non-hydrogen) atoms. The maximum Gasteiger partial charge on any atom is 0.241 e. The average molecular weight is 352 g/mol. The van der Waals surface area contributed by atoms with Gasteiger partial charge in [0.05, 0.1) is 4.90 Å². The van der Waals surface area contributed by atoms with Gasteiger partial charge in [0.25, 0.3) is 0 Å². The molecule has 2 saturated carbocycles. The first-order valence-corrected chi connectivity index (χ1v) is 10.1. The minimum absolute atomic E-state index is 0.00614. The Hall–Kier alpha value is -1.31. The summed E-state index contributed by atoms with van der Waals surface area (Å²) in [7, 11) is -3.60. The van der Waals surface area contributed by atoms with Gasteiger partial charge in [-0.15, -0.1) is 0 Å². The van der Waals surface area contributed by atoms with Gasteiger partial charge in [0.2, 0.25) is 16.8 Å². The zero-order valence-corrected chi connectivity index (χ0v) is 14.6. The summed E-state index contributed by atoms with van der Waals surface area (Å²) in [6.07, 6.45) is 5.09. The highest BCUT2D eigenvalue weighted by Crippen LogP contribution is 2.41. The lowest BCUT2D eigenvalue weighted by Crippen LogP contribution is -2.53.